The SMILES string of the molecule is Cc1ccc(C2=C(c3nn[nH]n3)C(=O)N[C@@](c3ccc(OCCCCC(F)(F)F)cc3)(C(F)(F)F)C2)cc1. The number of tetrazole rings is 1. The Morgan fingerprint density at radius 1 is 0.974 bits per heavy atom. The van der Waals surface area contributed by atoms with Crippen LogP contribution in [-0.2, 0) is 10.3 Å². The molecule has 38 heavy (non-hydrogen) atoms. The van der Waals surface area contributed by atoms with Crippen molar-refractivity contribution in [1.82, 2.24) is 25.9 Å². The molecule has 2 aromatic carbocycles. The lowest BCUT2D eigenvalue weighted by Gasteiger charge is -2.41. The van der Waals surface area contributed by atoms with Gasteiger partial charge in [-0.25, -0.2) is 0 Å². The maximum atomic E-state index is 14.8. The second-order valence-electron chi connectivity index (χ2n) is 8.93. The number of unbranched alkanes of at least 4 members (excludes halogenated alkanes) is 1. The van der Waals surface area contributed by atoms with Crippen molar-refractivity contribution in [2.45, 2.75) is 50.5 Å². The summed E-state index contributed by atoms with van der Waals surface area (Å²) >= 11 is 0. The number of ether oxygens (including phenoxy) is 1. The van der Waals surface area contributed by atoms with Gasteiger partial charge in [0, 0.05) is 12.8 Å². The molecule has 1 aliphatic rings. The predicted octanol–water partition coefficient (Wildman–Crippen LogP) is 5.51. The highest BCUT2D eigenvalue weighted by molar-refractivity contribution is 6.27. The minimum Gasteiger partial charge on any atom is -0.494 e. The van der Waals surface area contributed by atoms with Gasteiger partial charge in [0.25, 0.3) is 5.91 Å². The molecule has 0 spiro atoms. The highest BCUT2D eigenvalue weighted by Crippen LogP contribution is 2.49. The lowest BCUT2D eigenvalue weighted by Crippen LogP contribution is -2.58. The fourth-order valence-corrected chi connectivity index (χ4v) is 4.26. The van der Waals surface area contributed by atoms with Gasteiger partial charge in [0.05, 0.1) is 12.2 Å². The molecule has 4 rings (SSSR count). The fraction of sp³-hybridized carbons (Fsp3) is 0.360. The Hall–Kier alpha value is -3.90. The predicted molar refractivity (Wildman–Crippen MR) is 125 cm³/mol. The van der Waals surface area contributed by atoms with Crippen LogP contribution in [0.2, 0.25) is 0 Å². The number of H-pyrrole nitrogens is 1. The molecule has 0 saturated carbocycles. The maximum absolute atomic E-state index is 14.8. The summed E-state index contributed by atoms with van der Waals surface area (Å²) in [5.41, 5.74) is -1.76. The summed E-state index contributed by atoms with van der Waals surface area (Å²) in [6.45, 7) is 1.80. The van der Waals surface area contributed by atoms with Gasteiger partial charge in [-0.15, -0.1) is 10.2 Å². The van der Waals surface area contributed by atoms with Gasteiger partial charge >= 0.3 is 12.4 Å². The lowest BCUT2D eigenvalue weighted by molar-refractivity contribution is -0.201. The molecule has 1 atom stereocenters. The third-order valence-corrected chi connectivity index (χ3v) is 6.22. The average molecular weight is 539 g/mol. The number of carbonyl (C=O) groups is 1. The number of carbonyl (C=O) groups excluding carboxylic acids is 1. The number of benzene rings is 2. The van der Waals surface area contributed by atoms with E-state index in [9.17, 15) is 31.1 Å². The van der Waals surface area contributed by atoms with Crippen LogP contribution < -0.4 is 10.1 Å². The molecule has 1 amide bonds. The first-order valence-corrected chi connectivity index (χ1v) is 11.6. The molecule has 202 valence electrons. The number of aromatic amines is 1. The summed E-state index contributed by atoms with van der Waals surface area (Å²) in [7, 11) is 0. The van der Waals surface area contributed by atoms with Crippen molar-refractivity contribution in [3.63, 3.8) is 0 Å². The van der Waals surface area contributed by atoms with Gasteiger partial charge in [-0.3, -0.25) is 4.79 Å². The van der Waals surface area contributed by atoms with Crippen LogP contribution in [0, 0.1) is 6.92 Å². The first-order chi connectivity index (χ1) is 17.9. The number of halogens is 6. The number of hydrogen-bond acceptors (Lipinski definition) is 5. The summed E-state index contributed by atoms with van der Waals surface area (Å²) in [5, 5.41) is 15.4. The van der Waals surface area contributed by atoms with E-state index >= 15 is 0 Å². The first kappa shape index (κ1) is 27.1. The molecule has 2 heterocycles. The zero-order valence-corrected chi connectivity index (χ0v) is 20.1. The van der Waals surface area contributed by atoms with Gasteiger partial charge in [-0.2, -0.15) is 31.6 Å². The largest absolute Gasteiger partial charge is 0.494 e. The molecule has 0 fully saturated rings. The van der Waals surface area contributed by atoms with Crippen molar-refractivity contribution in [1.29, 1.82) is 0 Å². The fourth-order valence-electron chi connectivity index (χ4n) is 4.26. The molecule has 0 bridgehead atoms. The Balaban J connectivity index is 1.66. The van der Waals surface area contributed by atoms with E-state index in [-0.39, 0.29) is 47.7 Å². The highest BCUT2D eigenvalue weighted by atomic mass is 19.4. The summed E-state index contributed by atoms with van der Waals surface area (Å²) in [6, 6.07) is 11.7. The van der Waals surface area contributed by atoms with Crippen LogP contribution in [0.1, 0.15) is 48.2 Å². The summed E-state index contributed by atoms with van der Waals surface area (Å²) in [4.78, 5) is 13.2. The molecular weight excluding hydrogens is 516 g/mol. The standard InChI is InChI=1S/C25H23F6N5O2/c1-15-4-6-16(7-5-15)19-14-23(25(29,30)31,32-22(37)20(19)21-33-35-36-34-21)17-8-10-18(11-9-17)38-13-3-2-12-24(26,27)28/h4-11H,2-3,12-14H2,1H3,(H,32,37)(H,33,34,35,36)/t23-/m0/s1. The highest BCUT2D eigenvalue weighted by Gasteiger charge is 2.59. The Labute approximate surface area is 213 Å². The van der Waals surface area contributed by atoms with Gasteiger partial charge < -0.3 is 10.1 Å². The van der Waals surface area contributed by atoms with Gasteiger partial charge in [-0.05, 0) is 53.8 Å². The molecule has 2 N–H and O–H groups in total. The van der Waals surface area contributed by atoms with Crippen LogP contribution in [0.5, 0.6) is 5.75 Å². The van der Waals surface area contributed by atoms with Crippen LogP contribution in [0.15, 0.2) is 48.5 Å². The number of aryl methyl sites for hydroxylation is 1. The average Bonchev–Trinajstić information content (AvgIpc) is 3.37. The van der Waals surface area contributed by atoms with Crippen molar-refractivity contribution in [2.75, 3.05) is 6.61 Å². The molecule has 0 saturated heterocycles. The molecule has 1 aromatic heterocycles. The second-order valence-corrected chi connectivity index (χ2v) is 8.93. The van der Waals surface area contributed by atoms with Crippen LogP contribution >= 0.6 is 0 Å². The lowest BCUT2D eigenvalue weighted by atomic mass is 9.76. The molecule has 3 aromatic rings. The molecule has 1 aliphatic heterocycles. The molecular formula is C25H23F6N5O2. The topological polar surface area (TPSA) is 92.8 Å². The van der Waals surface area contributed by atoms with E-state index in [4.69, 9.17) is 4.74 Å². The summed E-state index contributed by atoms with van der Waals surface area (Å²) in [6.07, 6.45) is -10.7. The Morgan fingerprint density at radius 2 is 1.66 bits per heavy atom. The van der Waals surface area contributed by atoms with Gasteiger partial charge in [0.2, 0.25) is 5.82 Å². The van der Waals surface area contributed by atoms with E-state index in [2.05, 4.69) is 25.9 Å². The van der Waals surface area contributed by atoms with Gasteiger partial charge in [-0.1, -0.05) is 42.0 Å². The normalized spacial score (nSPS) is 18.4. The zero-order valence-electron chi connectivity index (χ0n) is 20.1. The first-order valence-electron chi connectivity index (χ1n) is 11.6. The second kappa shape index (κ2) is 10.5. The Morgan fingerprint density at radius 3 is 2.24 bits per heavy atom. The summed E-state index contributed by atoms with van der Waals surface area (Å²) < 4.78 is 86.5. The molecule has 0 unspecified atom stereocenters. The van der Waals surface area contributed by atoms with E-state index in [1.807, 2.05) is 6.92 Å². The van der Waals surface area contributed by atoms with Crippen LogP contribution in [0.3, 0.4) is 0 Å². The van der Waals surface area contributed by atoms with Crippen LogP contribution in [0.4, 0.5) is 26.3 Å². The monoisotopic (exact) mass is 539 g/mol. The van der Waals surface area contributed by atoms with E-state index in [0.717, 1.165) is 5.56 Å². The number of nitrogens with one attached hydrogen (secondary N) is 2. The quantitative estimate of drug-likeness (QED) is 0.291. The van der Waals surface area contributed by atoms with E-state index in [0.29, 0.717) is 5.56 Å². The van der Waals surface area contributed by atoms with E-state index in [1.165, 1.54) is 24.3 Å². The van der Waals surface area contributed by atoms with E-state index < -0.39 is 36.6 Å². The van der Waals surface area contributed by atoms with Crippen LogP contribution in [0.25, 0.3) is 11.1 Å². The Kier molecular flexibility index (Phi) is 7.47. The van der Waals surface area contributed by atoms with E-state index in [1.54, 1.807) is 24.3 Å². The Bertz CT molecular complexity index is 1290. The number of aromatic nitrogens is 4. The zero-order chi connectivity index (χ0) is 27.6. The maximum Gasteiger partial charge on any atom is 0.416 e. The summed E-state index contributed by atoms with van der Waals surface area (Å²) in [5.74, 6) is -0.958. The minimum atomic E-state index is -4.90. The van der Waals surface area contributed by atoms with Gasteiger partial charge in [0.15, 0.2) is 5.54 Å². The number of rotatable bonds is 8. The van der Waals surface area contributed by atoms with Crippen molar-refractivity contribution >= 4 is 17.1 Å². The number of alkyl halides is 6. The van der Waals surface area contributed by atoms with Crippen molar-refractivity contribution < 1.29 is 35.9 Å². The van der Waals surface area contributed by atoms with Crippen LogP contribution in [-0.4, -0.2) is 45.5 Å². The van der Waals surface area contributed by atoms with Gasteiger partial charge in [0.1, 0.15) is 5.75 Å². The van der Waals surface area contributed by atoms with Crippen molar-refractivity contribution in [3.8, 4) is 5.75 Å². The molecule has 0 aliphatic carbocycles. The minimum absolute atomic E-state index is 0.0229. The number of amides is 1. The van der Waals surface area contributed by atoms with Crippen molar-refractivity contribution in [3.05, 3.63) is 71.0 Å². The third kappa shape index (κ3) is 5.81. The van der Waals surface area contributed by atoms with Crippen molar-refractivity contribution in [2.24, 2.45) is 0 Å². The molecule has 7 nitrogen and oxygen atoms in total. The third-order valence-electron chi connectivity index (χ3n) is 6.22. The molecule has 0 radical (unpaired) electrons. The smallest absolute Gasteiger partial charge is 0.416 e. The number of nitrogens with zero attached hydrogens (tertiary/aromatic N) is 3. The molecule has 13 heteroatoms. The number of hydrogen-bond donors (Lipinski definition) is 2.